The lowest BCUT2D eigenvalue weighted by Crippen LogP contribution is -2.35. The summed E-state index contributed by atoms with van der Waals surface area (Å²) >= 11 is 0. The molecule has 8 heteroatoms. The highest BCUT2D eigenvalue weighted by Gasteiger charge is 2.10. The number of hydrogen-bond acceptors (Lipinski definition) is 5. The largest absolute Gasteiger partial charge is 0.484 e. The molecule has 0 radical (unpaired) electrons. The number of benzene rings is 2. The normalized spacial score (nSPS) is 10.0. The Kier molecular flexibility index (Phi) is 7.30. The summed E-state index contributed by atoms with van der Waals surface area (Å²) in [6.45, 7) is 1.37. The summed E-state index contributed by atoms with van der Waals surface area (Å²) < 4.78 is 23.0. The van der Waals surface area contributed by atoms with Gasteiger partial charge in [-0.05, 0) is 49.4 Å². The van der Waals surface area contributed by atoms with Crippen molar-refractivity contribution in [2.75, 3.05) is 25.1 Å². The van der Waals surface area contributed by atoms with Crippen LogP contribution in [0.4, 0.5) is 10.1 Å². The van der Waals surface area contributed by atoms with Gasteiger partial charge < -0.3 is 20.1 Å². The van der Waals surface area contributed by atoms with E-state index in [0.29, 0.717) is 17.0 Å². The topological polar surface area (TPSA) is 93.7 Å². The smallest absolute Gasteiger partial charge is 0.338 e. The lowest BCUT2D eigenvalue weighted by atomic mass is 10.2. The second-order valence-corrected chi connectivity index (χ2v) is 5.37. The van der Waals surface area contributed by atoms with Crippen molar-refractivity contribution in [2.45, 2.75) is 6.92 Å². The molecule has 0 saturated heterocycles. The van der Waals surface area contributed by atoms with Gasteiger partial charge in [-0.15, -0.1) is 0 Å². The highest BCUT2D eigenvalue weighted by atomic mass is 19.1. The van der Waals surface area contributed by atoms with Crippen LogP contribution in [0, 0.1) is 5.82 Å². The fourth-order valence-corrected chi connectivity index (χ4v) is 2.04. The Morgan fingerprint density at radius 1 is 1.04 bits per heavy atom. The van der Waals surface area contributed by atoms with Crippen LogP contribution in [-0.2, 0) is 14.3 Å². The summed E-state index contributed by atoms with van der Waals surface area (Å²) in [5.74, 6) is -1.54. The zero-order valence-electron chi connectivity index (χ0n) is 14.7. The molecule has 0 aromatic heterocycles. The SMILES string of the molecule is CCOC(=O)c1cccc(OCC(=O)NCC(=O)Nc2ccc(F)cc2)c1. The van der Waals surface area contributed by atoms with E-state index in [4.69, 9.17) is 9.47 Å². The van der Waals surface area contributed by atoms with Crippen molar-refractivity contribution in [3.8, 4) is 5.75 Å². The van der Waals surface area contributed by atoms with Crippen LogP contribution >= 0.6 is 0 Å². The number of anilines is 1. The summed E-state index contributed by atoms with van der Waals surface area (Å²) in [5.41, 5.74) is 0.733. The van der Waals surface area contributed by atoms with E-state index in [-0.39, 0.29) is 19.8 Å². The third-order valence-corrected chi connectivity index (χ3v) is 3.29. The first-order valence-corrected chi connectivity index (χ1v) is 8.20. The molecule has 27 heavy (non-hydrogen) atoms. The van der Waals surface area contributed by atoms with Gasteiger partial charge in [0, 0.05) is 5.69 Å². The number of halogens is 1. The van der Waals surface area contributed by atoms with Gasteiger partial charge in [0.2, 0.25) is 5.91 Å². The maximum atomic E-state index is 12.8. The molecule has 0 aliphatic carbocycles. The predicted molar refractivity (Wildman–Crippen MR) is 95.9 cm³/mol. The highest BCUT2D eigenvalue weighted by Crippen LogP contribution is 2.14. The molecule has 7 nitrogen and oxygen atoms in total. The van der Waals surface area contributed by atoms with Crippen molar-refractivity contribution in [3.63, 3.8) is 0 Å². The van der Waals surface area contributed by atoms with E-state index in [0.717, 1.165) is 0 Å². The van der Waals surface area contributed by atoms with Gasteiger partial charge in [0.15, 0.2) is 6.61 Å². The summed E-state index contributed by atoms with van der Waals surface area (Å²) in [4.78, 5) is 35.2. The molecule has 0 aliphatic heterocycles. The molecule has 0 heterocycles. The van der Waals surface area contributed by atoms with Gasteiger partial charge in [-0.3, -0.25) is 9.59 Å². The van der Waals surface area contributed by atoms with Gasteiger partial charge in [0.05, 0.1) is 18.7 Å². The Bertz CT molecular complexity index is 808. The number of esters is 1. The Morgan fingerprint density at radius 2 is 1.78 bits per heavy atom. The summed E-state index contributed by atoms with van der Waals surface area (Å²) in [6.07, 6.45) is 0. The van der Waals surface area contributed by atoms with E-state index in [9.17, 15) is 18.8 Å². The zero-order chi connectivity index (χ0) is 19.6. The lowest BCUT2D eigenvalue weighted by molar-refractivity contribution is -0.125. The van der Waals surface area contributed by atoms with Crippen LogP contribution in [0.25, 0.3) is 0 Å². The highest BCUT2D eigenvalue weighted by molar-refractivity contribution is 5.94. The van der Waals surface area contributed by atoms with Crippen molar-refractivity contribution in [2.24, 2.45) is 0 Å². The van der Waals surface area contributed by atoms with Crippen molar-refractivity contribution in [3.05, 3.63) is 59.9 Å². The van der Waals surface area contributed by atoms with Crippen LogP contribution in [0.15, 0.2) is 48.5 Å². The second kappa shape index (κ2) is 9.91. The molecule has 0 aliphatic rings. The van der Waals surface area contributed by atoms with Gasteiger partial charge in [0.25, 0.3) is 5.91 Å². The summed E-state index contributed by atoms with van der Waals surface area (Å²) in [6, 6.07) is 11.5. The number of carbonyl (C=O) groups excluding carboxylic acids is 3. The molecule has 2 rings (SSSR count). The van der Waals surface area contributed by atoms with Gasteiger partial charge >= 0.3 is 5.97 Å². The van der Waals surface area contributed by atoms with E-state index in [2.05, 4.69) is 10.6 Å². The molecule has 0 fully saturated rings. The molecule has 2 aromatic carbocycles. The van der Waals surface area contributed by atoms with Crippen molar-refractivity contribution >= 4 is 23.5 Å². The number of ether oxygens (including phenoxy) is 2. The summed E-state index contributed by atoms with van der Waals surface area (Å²) in [7, 11) is 0. The van der Waals surface area contributed by atoms with Crippen molar-refractivity contribution in [1.82, 2.24) is 5.32 Å². The van der Waals surface area contributed by atoms with Gasteiger partial charge in [-0.1, -0.05) is 6.07 Å². The zero-order valence-corrected chi connectivity index (χ0v) is 14.7. The first kappa shape index (κ1) is 19.9. The maximum absolute atomic E-state index is 12.8. The molecule has 0 saturated carbocycles. The molecule has 0 bridgehead atoms. The van der Waals surface area contributed by atoms with E-state index >= 15 is 0 Å². The molecule has 0 unspecified atom stereocenters. The Morgan fingerprint density at radius 3 is 2.48 bits per heavy atom. The van der Waals surface area contributed by atoms with Crippen LogP contribution in [0.5, 0.6) is 5.75 Å². The van der Waals surface area contributed by atoms with E-state index in [1.807, 2.05) is 0 Å². The van der Waals surface area contributed by atoms with Crippen molar-refractivity contribution in [1.29, 1.82) is 0 Å². The molecule has 0 spiro atoms. The van der Waals surface area contributed by atoms with Gasteiger partial charge in [0.1, 0.15) is 11.6 Å². The van der Waals surface area contributed by atoms with E-state index in [1.54, 1.807) is 25.1 Å². The van der Waals surface area contributed by atoms with E-state index in [1.165, 1.54) is 30.3 Å². The van der Waals surface area contributed by atoms with Crippen molar-refractivity contribution < 1.29 is 28.2 Å². The van der Waals surface area contributed by atoms with E-state index < -0.39 is 23.6 Å². The molecule has 2 N–H and O–H groups in total. The Balaban J connectivity index is 1.76. The van der Waals surface area contributed by atoms with Gasteiger partial charge in [-0.2, -0.15) is 0 Å². The second-order valence-electron chi connectivity index (χ2n) is 5.37. The third-order valence-electron chi connectivity index (χ3n) is 3.29. The molecule has 2 amide bonds. The minimum atomic E-state index is -0.509. The van der Waals surface area contributed by atoms with Crippen LogP contribution in [0.1, 0.15) is 17.3 Å². The number of nitrogens with one attached hydrogen (secondary N) is 2. The fraction of sp³-hybridized carbons (Fsp3) is 0.211. The number of carbonyl (C=O) groups is 3. The first-order valence-electron chi connectivity index (χ1n) is 8.20. The number of amides is 2. The van der Waals surface area contributed by atoms with Gasteiger partial charge in [-0.25, -0.2) is 9.18 Å². The molecule has 2 aromatic rings. The average molecular weight is 374 g/mol. The standard InChI is InChI=1S/C19H19FN2O5/c1-2-26-19(25)13-4-3-5-16(10-13)27-12-18(24)21-11-17(23)22-15-8-6-14(20)7-9-15/h3-10H,2,11-12H2,1H3,(H,21,24)(H,22,23). The third kappa shape index (κ3) is 6.77. The Labute approximate surface area is 155 Å². The number of rotatable bonds is 8. The van der Waals surface area contributed by atoms with Crippen LogP contribution in [0.2, 0.25) is 0 Å². The van der Waals surface area contributed by atoms with Crippen LogP contribution in [-0.4, -0.2) is 37.5 Å². The van der Waals surface area contributed by atoms with Crippen LogP contribution < -0.4 is 15.4 Å². The summed E-state index contributed by atoms with van der Waals surface area (Å²) in [5, 5.41) is 4.92. The minimum Gasteiger partial charge on any atom is -0.484 e. The van der Waals surface area contributed by atoms with Crippen LogP contribution in [0.3, 0.4) is 0 Å². The average Bonchev–Trinajstić information content (AvgIpc) is 2.67. The Hall–Kier alpha value is -3.42. The molecule has 0 atom stereocenters. The molecule has 142 valence electrons. The minimum absolute atomic E-state index is 0.256. The number of hydrogen-bond donors (Lipinski definition) is 2. The molecular weight excluding hydrogens is 355 g/mol. The predicted octanol–water partition coefficient (Wildman–Crippen LogP) is 2.14. The fourth-order valence-electron chi connectivity index (χ4n) is 2.04. The first-order chi connectivity index (χ1) is 13.0. The monoisotopic (exact) mass is 374 g/mol. The maximum Gasteiger partial charge on any atom is 0.338 e. The lowest BCUT2D eigenvalue weighted by Gasteiger charge is -2.09. The quantitative estimate of drug-likeness (QED) is 0.691. The molecular formula is C19H19FN2O5.